The molecule has 1 aromatic heterocycles. The van der Waals surface area contributed by atoms with Gasteiger partial charge in [-0.2, -0.15) is 0 Å². The number of benzene rings is 5. The Morgan fingerprint density at radius 1 is 0.558 bits per heavy atom. The molecule has 6 N–H and O–H groups in total. The first-order chi connectivity index (χ1) is 37.6. The van der Waals surface area contributed by atoms with Gasteiger partial charge in [0, 0.05) is 75.8 Å². The summed E-state index contributed by atoms with van der Waals surface area (Å²) in [5, 5.41) is 16.4. The van der Waals surface area contributed by atoms with Crippen LogP contribution < -0.4 is 31.3 Å². The summed E-state index contributed by atoms with van der Waals surface area (Å²) in [4.78, 5) is 99.9. The van der Waals surface area contributed by atoms with Gasteiger partial charge in [-0.1, -0.05) is 115 Å². The second-order valence-corrected chi connectivity index (χ2v) is 20.4. The zero-order valence-electron chi connectivity index (χ0n) is 43.2. The summed E-state index contributed by atoms with van der Waals surface area (Å²) in [7, 11) is 0. The first kappa shape index (κ1) is 52.6. The molecule has 17 nitrogen and oxygen atoms in total. The highest BCUT2D eigenvalue weighted by Crippen LogP contribution is 2.28. The standard InChI is InChI=1S/C60H67N9O8/c70-55-49(25-21-40-11-3-1-4-12-40)63-58(73)54-39-76-32-31-68(54)60(75)53-26-22-43-15-7-8-16-44(43)36-69(53)59(74)51(33-41-19-23-46(24-20-41)77-38-42-13-5-2-6-14-42)65-57(72)52(37-67-29-27-61-28-30-67)66-56(71)50(64-55)34-45-35-62-48-18-10-9-17-47(45)48/h1-20,23-24,35,49-54,61-62H,21-22,25-34,36-39H2,(H,63,73)(H,64,70)(H,65,72)(H,66,71)/t49-,50+,51-,52-,53-,54-/m0/s1. The predicted octanol–water partition coefficient (Wildman–Crippen LogP) is 3.59. The van der Waals surface area contributed by atoms with Crippen LogP contribution in [0.4, 0.5) is 0 Å². The minimum Gasteiger partial charge on any atom is -0.489 e. The molecule has 6 amide bonds. The Morgan fingerprint density at radius 3 is 1.99 bits per heavy atom. The van der Waals surface area contributed by atoms with Gasteiger partial charge in [0.15, 0.2) is 0 Å². The zero-order valence-corrected chi connectivity index (χ0v) is 43.2. The molecular weight excluding hydrogens is 975 g/mol. The number of rotatable bonds is 12. The lowest BCUT2D eigenvalue weighted by Crippen LogP contribution is -2.65. The number of carbonyl (C=O) groups is 6. The van der Waals surface area contributed by atoms with E-state index in [9.17, 15) is 9.59 Å². The molecule has 0 unspecified atom stereocenters. The number of hydrogen-bond acceptors (Lipinski definition) is 10. The van der Waals surface area contributed by atoms with Crippen LogP contribution in [0, 0.1) is 0 Å². The fourth-order valence-electron chi connectivity index (χ4n) is 10.9. The van der Waals surface area contributed by atoms with E-state index >= 15 is 19.2 Å². The number of aryl methyl sites for hydroxylation is 2. The van der Waals surface area contributed by atoms with Gasteiger partial charge < -0.3 is 50.8 Å². The van der Waals surface area contributed by atoms with Crippen LogP contribution in [0.3, 0.4) is 0 Å². The summed E-state index contributed by atoms with van der Waals surface area (Å²) in [6.45, 7) is 3.11. The van der Waals surface area contributed by atoms with Gasteiger partial charge in [0.25, 0.3) is 0 Å². The molecule has 0 spiro atoms. The van der Waals surface area contributed by atoms with Crippen molar-refractivity contribution >= 4 is 46.3 Å². The molecule has 5 aromatic carbocycles. The fourth-order valence-corrected chi connectivity index (χ4v) is 10.9. The van der Waals surface area contributed by atoms with Gasteiger partial charge in [0.05, 0.1) is 13.2 Å². The number of H-pyrrole nitrogens is 1. The molecule has 77 heavy (non-hydrogen) atoms. The van der Waals surface area contributed by atoms with Gasteiger partial charge in [-0.3, -0.25) is 33.7 Å². The number of hydrogen-bond donors (Lipinski definition) is 6. The lowest BCUT2D eigenvalue weighted by atomic mass is 9.99. The van der Waals surface area contributed by atoms with E-state index < -0.39 is 71.7 Å². The molecule has 0 radical (unpaired) electrons. The molecule has 4 aliphatic heterocycles. The smallest absolute Gasteiger partial charge is 0.246 e. The van der Waals surface area contributed by atoms with E-state index in [-0.39, 0.29) is 58.5 Å². The minimum absolute atomic E-state index is 0.0309. The molecule has 0 bridgehead atoms. The molecular formula is C60H67N9O8. The maximum atomic E-state index is 15.8. The van der Waals surface area contributed by atoms with E-state index in [1.54, 1.807) is 11.1 Å². The third-order valence-corrected chi connectivity index (χ3v) is 15.2. The van der Waals surface area contributed by atoms with Crippen LogP contribution in [0.5, 0.6) is 5.75 Å². The third-order valence-electron chi connectivity index (χ3n) is 15.2. The second-order valence-electron chi connectivity index (χ2n) is 20.4. The van der Waals surface area contributed by atoms with E-state index in [0.717, 1.165) is 38.7 Å². The van der Waals surface area contributed by atoms with Gasteiger partial charge in [-0.05, 0) is 77.3 Å². The van der Waals surface area contributed by atoms with E-state index in [1.165, 1.54) is 4.90 Å². The molecule has 5 heterocycles. The summed E-state index contributed by atoms with van der Waals surface area (Å²) < 4.78 is 12.0. The van der Waals surface area contributed by atoms with E-state index in [0.29, 0.717) is 56.9 Å². The van der Waals surface area contributed by atoms with Crippen molar-refractivity contribution in [2.45, 2.75) is 87.9 Å². The lowest BCUT2D eigenvalue weighted by molar-refractivity contribution is -0.157. The van der Waals surface area contributed by atoms with Gasteiger partial charge in [0.1, 0.15) is 48.6 Å². The molecule has 400 valence electrons. The molecule has 0 aliphatic carbocycles. The van der Waals surface area contributed by atoms with Gasteiger partial charge in [-0.15, -0.1) is 0 Å². The number of aromatic nitrogens is 1. The Kier molecular flexibility index (Phi) is 17.0. The minimum atomic E-state index is -1.23. The fraction of sp³-hybridized carbons (Fsp3) is 0.367. The molecule has 17 heteroatoms. The summed E-state index contributed by atoms with van der Waals surface area (Å²) in [5.41, 5.74) is 6.09. The largest absolute Gasteiger partial charge is 0.489 e. The Bertz CT molecular complexity index is 3020. The van der Waals surface area contributed by atoms with Crippen LogP contribution in [0.25, 0.3) is 10.9 Å². The second kappa shape index (κ2) is 24.9. The monoisotopic (exact) mass is 1040 g/mol. The van der Waals surface area contributed by atoms with Crippen LogP contribution in [0.1, 0.15) is 46.2 Å². The maximum absolute atomic E-state index is 15.8. The van der Waals surface area contributed by atoms with Crippen LogP contribution in [0.15, 0.2) is 140 Å². The highest BCUT2D eigenvalue weighted by Gasteiger charge is 2.44. The summed E-state index contributed by atoms with van der Waals surface area (Å²) in [6, 6.07) is 35.2. The Labute approximate surface area is 448 Å². The summed E-state index contributed by atoms with van der Waals surface area (Å²) >= 11 is 0. The van der Waals surface area contributed by atoms with Gasteiger partial charge in [0.2, 0.25) is 35.4 Å². The first-order valence-electron chi connectivity index (χ1n) is 26.9. The Balaban J connectivity index is 1.04. The van der Waals surface area contributed by atoms with Crippen molar-refractivity contribution in [1.29, 1.82) is 0 Å². The van der Waals surface area contributed by atoms with Crippen LogP contribution in [-0.4, -0.2) is 144 Å². The van der Waals surface area contributed by atoms with E-state index in [4.69, 9.17) is 9.47 Å². The maximum Gasteiger partial charge on any atom is 0.246 e. The number of ether oxygens (including phenoxy) is 2. The number of para-hydroxylation sites is 1. The number of fused-ring (bicyclic) bond motifs is 4. The topological polar surface area (TPSA) is 207 Å². The Morgan fingerprint density at radius 2 is 1.21 bits per heavy atom. The number of morpholine rings is 1. The number of amides is 6. The van der Waals surface area contributed by atoms with Crippen molar-refractivity contribution < 1.29 is 38.2 Å². The lowest BCUT2D eigenvalue weighted by Gasteiger charge is -2.40. The van der Waals surface area contributed by atoms with Gasteiger partial charge in [-0.25, -0.2) is 0 Å². The Hall–Kier alpha value is -7.86. The number of nitrogens with zero attached hydrogens (tertiary/aromatic N) is 3. The number of aromatic amines is 1. The average Bonchev–Trinajstić information content (AvgIpc) is 3.80. The SMILES string of the molecule is O=C1N[C@@H](Cc2ccc(OCc3ccccc3)cc2)C(=O)N2Cc3ccccc3CC[C@H]2C(=O)N2CCOC[C@H]2C(=O)N[C@@H](CCc2ccccc2)C(=O)N[C@H](Cc2c[nH]c3ccccc23)C(=O)N[C@H]1CN1CCNCC1. The molecule has 3 saturated heterocycles. The number of piperazine rings is 1. The molecule has 3 fully saturated rings. The zero-order chi connectivity index (χ0) is 53.1. The highest BCUT2D eigenvalue weighted by atomic mass is 16.5. The molecule has 6 atom stereocenters. The van der Waals surface area contributed by atoms with Crippen molar-refractivity contribution in [3.63, 3.8) is 0 Å². The highest BCUT2D eigenvalue weighted by molar-refractivity contribution is 5.99. The van der Waals surface area contributed by atoms with Crippen LogP contribution in [0.2, 0.25) is 0 Å². The van der Waals surface area contributed by atoms with Crippen molar-refractivity contribution in [2.24, 2.45) is 0 Å². The van der Waals surface area contributed by atoms with Crippen molar-refractivity contribution in [3.05, 3.63) is 173 Å². The third kappa shape index (κ3) is 13.0. The normalized spacial score (nSPS) is 23.2. The van der Waals surface area contributed by atoms with Crippen LogP contribution in [-0.2, 0) is 72.3 Å². The van der Waals surface area contributed by atoms with Crippen molar-refractivity contribution in [2.75, 3.05) is 52.5 Å². The molecule has 10 rings (SSSR count). The molecule has 4 aliphatic rings. The quantitative estimate of drug-likeness (QED) is 0.105. The first-order valence-corrected chi connectivity index (χ1v) is 26.9. The summed E-state index contributed by atoms with van der Waals surface area (Å²) in [6.07, 6.45) is 3.14. The van der Waals surface area contributed by atoms with Gasteiger partial charge >= 0.3 is 0 Å². The average molecular weight is 1040 g/mol. The molecule has 0 saturated carbocycles. The van der Waals surface area contributed by atoms with Crippen LogP contribution >= 0.6 is 0 Å². The van der Waals surface area contributed by atoms with Crippen molar-refractivity contribution in [1.82, 2.24) is 46.3 Å². The van der Waals surface area contributed by atoms with E-state index in [2.05, 4.69) is 36.5 Å². The predicted molar refractivity (Wildman–Crippen MR) is 290 cm³/mol. The number of nitrogens with one attached hydrogen (secondary N) is 6. The van der Waals surface area contributed by atoms with E-state index in [1.807, 2.05) is 133 Å². The summed E-state index contributed by atoms with van der Waals surface area (Å²) in [5.74, 6) is -2.74. The molecule has 6 aromatic rings. The van der Waals surface area contributed by atoms with Crippen molar-refractivity contribution in [3.8, 4) is 5.75 Å². The number of carbonyl (C=O) groups excluding carboxylic acids is 6.